The number of carbonyl (C=O) groups excluding carboxylic acids is 2. The van der Waals surface area contributed by atoms with E-state index in [4.69, 9.17) is 4.42 Å². The molecule has 2 aromatic rings. The third-order valence-electron chi connectivity index (χ3n) is 5.81. The van der Waals surface area contributed by atoms with Crippen molar-refractivity contribution < 1.29 is 14.0 Å². The molecule has 0 unspecified atom stereocenters. The number of piperidine rings is 1. The quantitative estimate of drug-likeness (QED) is 0.869. The Morgan fingerprint density at radius 1 is 1.22 bits per heavy atom. The molecule has 2 saturated heterocycles. The van der Waals surface area contributed by atoms with Gasteiger partial charge in [-0.05, 0) is 37.0 Å². The Bertz CT molecular complexity index is 822. The first-order valence-electron chi connectivity index (χ1n) is 9.49. The molecule has 2 N–H and O–H groups in total. The van der Waals surface area contributed by atoms with Crippen molar-refractivity contribution in [2.24, 2.45) is 0 Å². The highest BCUT2D eigenvalue weighted by atomic mass is 16.4. The maximum Gasteiger partial charge on any atom is 0.286 e. The fourth-order valence-corrected chi connectivity index (χ4v) is 4.23. The summed E-state index contributed by atoms with van der Waals surface area (Å²) in [6.07, 6.45) is 2.74. The first kappa shape index (κ1) is 17.8. The predicted octanol–water partition coefficient (Wildman–Crippen LogP) is 2.28. The Morgan fingerprint density at radius 3 is 2.67 bits per heavy atom. The SMILES string of the molecule is CNC(=O)c1ccc(CN2CCC3(CC2)C[C@H](c2ccccc2)C(=O)N3)o1. The fourth-order valence-electron chi connectivity index (χ4n) is 4.23. The summed E-state index contributed by atoms with van der Waals surface area (Å²) >= 11 is 0. The summed E-state index contributed by atoms with van der Waals surface area (Å²) in [5, 5.41) is 5.85. The van der Waals surface area contributed by atoms with Crippen LogP contribution >= 0.6 is 0 Å². The summed E-state index contributed by atoms with van der Waals surface area (Å²) in [7, 11) is 1.59. The highest BCUT2D eigenvalue weighted by molar-refractivity contribution is 5.91. The standard InChI is InChI=1S/C21H25N3O3/c1-22-20(26)18-8-7-16(27-18)14-24-11-9-21(10-12-24)13-17(19(25)23-21)15-5-3-2-4-6-15/h2-8,17H,9-14H2,1H3,(H,22,26)(H,23,25)/t17-/m1/s1. The minimum absolute atomic E-state index is 0.0436. The minimum Gasteiger partial charge on any atom is -0.455 e. The van der Waals surface area contributed by atoms with Gasteiger partial charge in [-0.15, -0.1) is 0 Å². The number of likely N-dealkylation sites (tertiary alicyclic amines) is 1. The van der Waals surface area contributed by atoms with Crippen LogP contribution in [0.25, 0.3) is 0 Å². The Kier molecular flexibility index (Phi) is 4.74. The lowest BCUT2D eigenvalue weighted by molar-refractivity contribution is -0.121. The van der Waals surface area contributed by atoms with Gasteiger partial charge < -0.3 is 15.1 Å². The largest absolute Gasteiger partial charge is 0.455 e. The molecular formula is C21H25N3O3. The molecule has 1 aromatic heterocycles. The van der Waals surface area contributed by atoms with Crippen LogP contribution in [0.2, 0.25) is 0 Å². The molecule has 2 amide bonds. The topological polar surface area (TPSA) is 74.6 Å². The van der Waals surface area contributed by atoms with Crippen LogP contribution in [0, 0.1) is 0 Å². The molecule has 2 aliphatic heterocycles. The Hall–Kier alpha value is -2.60. The normalized spacial score (nSPS) is 22.0. The molecule has 6 nitrogen and oxygen atoms in total. The summed E-state index contributed by atoms with van der Waals surface area (Å²) in [4.78, 5) is 26.5. The third kappa shape index (κ3) is 3.62. The number of hydrogen-bond donors (Lipinski definition) is 2. The number of nitrogens with one attached hydrogen (secondary N) is 2. The number of rotatable bonds is 4. The van der Waals surface area contributed by atoms with Crippen molar-refractivity contribution >= 4 is 11.8 Å². The van der Waals surface area contributed by atoms with Gasteiger partial charge >= 0.3 is 0 Å². The Morgan fingerprint density at radius 2 is 1.96 bits per heavy atom. The van der Waals surface area contributed by atoms with Gasteiger partial charge in [0.15, 0.2) is 5.76 Å². The van der Waals surface area contributed by atoms with Gasteiger partial charge in [0, 0.05) is 25.7 Å². The smallest absolute Gasteiger partial charge is 0.286 e. The molecule has 0 bridgehead atoms. The summed E-state index contributed by atoms with van der Waals surface area (Å²) < 4.78 is 5.62. The van der Waals surface area contributed by atoms with Gasteiger partial charge in [-0.3, -0.25) is 14.5 Å². The summed E-state index contributed by atoms with van der Waals surface area (Å²) in [5.41, 5.74) is 1.01. The molecule has 27 heavy (non-hydrogen) atoms. The molecule has 3 heterocycles. The summed E-state index contributed by atoms with van der Waals surface area (Å²) in [6, 6.07) is 13.6. The summed E-state index contributed by atoms with van der Waals surface area (Å²) in [6.45, 7) is 2.48. The number of benzene rings is 1. The number of furan rings is 1. The first-order chi connectivity index (χ1) is 13.1. The third-order valence-corrected chi connectivity index (χ3v) is 5.81. The van der Waals surface area contributed by atoms with Crippen molar-refractivity contribution in [3.63, 3.8) is 0 Å². The van der Waals surface area contributed by atoms with Crippen molar-refractivity contribution in [3.05, 3.63) is 59.5 Å². The molecule has 2 fully saturated rings. The zero-order valence-electron chi connectivity index (χ0n) is 15.5. The molecule has 142 valence electrons. The van der Waals surface area contributed by atoms with Gasteiger partial charge in [-0.1, -0.05) is 30.3 Å². The molecule has 2 aliphatic rings. The maximum absolute atomic E-state index is 12.5. The van der Waals surface area contributed by atoms with E-state index in [0.29, 0.717) is 12.3 Å². The van der Waals surface area contributed by atoms with Crippen molar-refractivity contribution in [2.75, 3.05) is 20.1 Å². The number of carbonyl (C=O) groups is 2. The van der Waals surface area contributed by atoms with Crippen LogP contribution < -0.4 is 10.6 Å². The molecule has 1 aromatic carbocycles. The lowest BCUT2D eigenvalue weighted by Crippen LogP contribution is -2.50. The number of amides is 2. The van der Waals surface area contributed by atoms with E-state index in [-0.39, 0.29) is 23.3 Å². The van der Waals surface area contributed by atoms with E-state index in [1.165, 1.54) is 0 Å². The van der Waals surface area contributed by atoms with E-state index in [1.807, 2.05) is 36.4 Å². The van der Waals surface area contributed by atoms with E-state index in [2.05, 4.69) is 15.5 Å². The van der Waals surface area contributed by atoms with Crippen LogP contribution in [0.15, 0.2) is 46.9 Å². The van der Waals surface area contributed by atoms with Crippen molar-refractivity contribution in [1.29, 1.82) is 0 Å². The molecule has 0 radical (unpaired) electrons. The lowest BCUT2D eigenvalue weighted by atomic mass is 9.82. The van der Waals surface area contributed by atoms with Crippen LogP contribution in [0.5, 0.6) is 0 Å². The zero-order chi connectivity index (χ0) is 18.9. The van der Waals surface area contributed by atoms with E-state index >= 15 is 0 Å². The fraction of sp³-hybridized carbons (Fsp3) is 0.429. The average molecular weight is 367 g/mol. The second-order valence-electron chi connectivity index (χ2n) is 7.56. The maximum atomic E-state index is 12.5. The van der Waals surface area contributed by atoms with Crippen molar-refractivity contribution in [1.82, 2.24) is 15.5 Å². The lowest BCUT2D eigenvalue weighted by Gasteiger charge is -2.39. The molecule has 6 heteroatoms. The van der Waals surface area contributed by atoms with E-state index in [9.17, 15) is 9.59 Å². The number of hydrogen-bond acceptors (Lipinski definition) is 4. The highest BCUT2D eigenvalue weighted by Crippen LogP contribution is 2.39. The van der Waals surface area contributed by atoms with Crippen LogP contribution in [-0.4, -0.2) is 42.4 Å². The van der Waals surface area contributed by atoms with Crippen LogP contribution in [-0.2, 0) is 11.3 Å². The molecule has 0 aliphatic carbocycles. The second-order valence-corrected chi connectivity index (χ2v) is 7.56. The molecular weight excluding hydrogens is 342 g/mol. The van der Waals surface area contributed by atoms with E-state index in [1.54, 1.807) is 13.1 Å². The monoisotopic (exact) mass is 367 g/mol. The van der Waals surface area contributed by atoms with E-state index < -0.39 is 0 Å². The molecule has 1 spiro atoms. The van der Waals surface area contributed by atoms with Crippen molar-refractivity contribution in [2.45, 2.75) is 37.3 Å². The summed E-state index contributed by atoms with van der Waals surface area (Å²) in [5.74, 6) is 1.03. The second kappa shape index (κ2) is 7.19. The van der Waals surface area contributed by atoms with Crippen molar-refractivity contribution in [3.8, 4) is 0 Å². The van der Waals surface area contributed by atoms with Gasteiger partial charge in [0.2, 0.25) is 5.91 Å². The minimum atomic E-state index is -0.209. The highest BCUT2D eigenvalue weighted by Gasteiger charge is 2.46. The predicted molar refractivity (Wildman–Crippen MR) is 101 cm³/mol. The average Bonchev–Trinajstić information content (AvgIpc) is 3.29. The van der Waals surface area contributed by atoms with Crippen LogP contribution in [0.3, 0.4) is 0 Å². The first-order valence-corrected chi connectivity index (χ1v) is 9.49. The molecule has 4 rings (SSSR count). The van der Waals surface area contributed by atoms with Crippen LogP contribution in [0.4, 0.5) is 0 Å². The zero-order valence-corrected chi connectivity index (χ0v) is 15.5. The van der Waals surface area contributed by atoms with Crippen LogP contribution in [0.1, 0.15) is 47.1 Å². The Balaban J connectivity index is 1.36. The van der Waals surface area contributed by atoms with Gasteiger partial charge in [-0.25, -0.2) is 0 Å². The van der Waals surface area contributed by atoms with Gasteiger partial charge in [0.25, 0.3) is 5.91 Å². The van der Waals surface area contributed by atoms with Gasteiger partial charge in [0.05, 0.1) is 12.5 Å². The molecule has 0 saturated carbocycles. The van der Waals surface area contributed by atoms with Gasteiger partial charge in [0.1, 0.15) is 5.76 Å². The number of nitrogens with zero attached hydrogens (tertiary/aromatic N) is 1. The van der Waals surface area contributed by atoms with E-state index in [0.717, 1.165) is 43.7 Å². The Labute approximate surface area is 158 Å². The molecule has 1 atom stereocenters. The van der Waals surface area contributed by atoms with Gasteiger partial charge in [-0.2, -0.15) is 0 Å².